The van der Waals surface area contributed by atoms with E-state index in [2.05, 4.69) is 17.2 Å². The minimum atomic E-state index is -0.645. The second-order valence-electron chi connectivity index (χ2n) is 9.73. The normalized spacial score (nSPS) is 12.4. The van der Waals surface area contributed by atoms with Crippen LogP contribution in [0.2, 0.25) is 0 Å². The van der Waals surface area contributed by atoms with Crippen LogP contribution in [0.5, 0.6) is 0 Å². The fraction of sp³-hybridized carbons (Fsp3) is 0.407. The van der Waals surface area contributed by atoms with Crippen molar-refractivity contribution < 1.29 is 13.9 Å². The summed E-state index contributed by atoms with van der Waals surface area (Å²) in [5.74, 6) is -1.12. The van der Waals surface area contributed by atoms with E-state index >= 15 is 0 Å². The van der Waals surface area contributed by atoms with Gasteiger partial charge >= 0.3 is 5.97 Å². The molecule has 2 aromatic heterocycles. The molecule has 0 saturated carbocycles. The van der Waals surface area contributed by atoms with E-state index in [1.807, 2.05) is 31.2 Å². The molecule has 1 aromatic carbocycles. The summed E-state index contributed by atoms with van der Waals surface area (Å²) in [5, 5.41) is 11.3. The number of fused-ring (bicyclic) bond motifs is 1. The molecule has 3 rings (SSSR count). The molecule has 0 aliphatic heterocycles. The Morgan fingerprint density at radius 1 is 1.20 bits per heavy atom. The number of halogens is 1. The van der Waals surface area contributed by atoms with E-state index in [9.17, 15) is 14.0 Å². The summed E-state index contributed by atoms with van der Waals surface area (Å²) in [4.78, 5) is 30.0. The van der Waals surface area contributed by atoms with Crippen molar-refractivity contribution in [3.63, 3.8) is 0 Å². The minimum absolute atomic E-state index is 0.0976. The molecule has 0 fully saturated rings. The molecule has 2 heterocycles. The van der Waals surface area contributed by atoms with Crippen molar-refractivity contribution in [3.05, 3.63) is 64.5 Å². The third-order valence-corrected chi connectivity index (χ3v) is 5.37. The Hall–Kier alpha value is -3.55. The topological polar surface area (TPSA) is 96.5 Å². The molecule has 3 aromatic rings. The van der Waals surface area contributed by atoms with E-state index in [-0.39, 0.29) is 23.7 Å². The molecule has 186 valence electrons. The maximum atomic E-state index is 13.8. The molecular formula is C27H33FN4O3. The molecule has 0 spiro atoms. The number of benzene rings is 1. The lowest BCUT2D eigenvalue weighted by Gasteiger charge is -2.21. The number of pyridine rings is 1. The van der Waals surface area contributed by atoms with Crippen molar-refractivity contribution in [1.29, 1.82) is 5.41 Å². The third kappa shape index (κ3) is 6.74. The number of carbonyl (C=O) groups is 1. The number of hydrogen-bond acceptors (Lipinski definition) is 6. The SMILES string of the molecule is CCCCc1nc2ccc(F)cn2c(=O)c1-c1ccc(NC(C)CC(=N)C(=O)OC(C)(C)C)cc1. The zero-order chi connectivity index (χ0) is 25.8. The Bertz CT molecular complexity index is 1280. The van der Waals surface area contributed by atoms with Gasteiger partial charge in [0.25, 0.3) is 5.56 Å². The van der Waals surface area contributed by atoms with Gasteiger partial charge in [0.2, 0.25) is 0 Å². The summed E-state index contributed by atoms with van der Waals surface area (Å²) in [6, 6.07) is 9.96. The van der Waals surface area contributed by atoms with Crippen molar-refractivity contribution in [2.24, 2.45) is 0 Å². The lowest BCUT2D eigenvalue weighted by atomic mass is 10.0. The third-order valence-electron chi connectivity index (χ3n) is 5.37. The monoisotopic (exact) mass is 480 g/mol. The van der Waals surface area contributed by atoms with Crippen molar-refractivity contribution in [2.45, 2.75) is 71.9 Å². The fourth-order valence-electron chi connectivity index (χ4n) is 3.77. The van der Waals surface area contributed by atoms with Crippen LogP contribution < -0.4 is 10.9 Å². The number of ether oxygens (including phenoxy) is 1. The second kappa shape index (κ2) is 10.8. The summed E-state index contributed by atoms with van der Waals surface area (Å²) in [6.07, 6.45) is 3.87. The van der Waals surface area contributed by atoms with E-state index < -0.39 is 17.4 Å². The molecule has 0 aliphatic rings. The number of unbranched alkanes of at least 4 members (excludes halogenated alkanes) is 1. The summed E-state index contributed by atoms with van der Waals surface area (Å²) < 4.78 is 20.3. The average molecular weight is 481 g/mol. The Kier molecular flexibility index (Phi) is 8.04. The van der Waals surface area contributed by atoms with E-state index in [1.165, 1.54) is 16.5 Å². The quantitative estimate of drug-likeness (QED) is 0.316. The van der Waals surface area contributed by atoms with E-state index in [0.29, 0.717) is 28.9 Å². The Morgan fingerprint density at radius 2 is 1.89 bits per heavy atom. The second-order valence-corrected chi connectivity index (χ2v) is 9.73. The largest absolute Gasteiger partial charge is 0.456 e. The number of aromatic nitrogens is 2. The Labute approximate surface area is 204 Å². The Balaban J connectivity index is 1.82. The van der Waals surface area contributed by atoms with Gasteiger partial charge in [-0.3, -0.25) is 14.6 Å². The van der Waals surface area contributed by atoms with Gasteiger partial charge in [0.05, 0.1) is 11.3 Å². The highest BCUT2D eigenvalue weighted by Gasteiger charge is 2.21. The molecule has 0 saturated heterocycles. The summed E-state index contributed by atoms with van der Waals surface area (Å²) in [7, 11) is 0. The van der Waals surface area contributed by atoms with Crippen molar-refractivity contribution in [3.8, 4) is 11.1 Å². The highest BCUT2D eigenvalue weighted by atomic mass is 19.1. The number of nitrogens with one attached hydrogen (secondary N) is 2. The predicted octanol–water partition coefficient (Wildman–Crippen LogP) is 5.40. The lowest BCUT2D eigenvalue weighted by Crippen LogP contribution is -2.31. The standard InChI is InChI=1S/C27H33FN4O3/c1-6-7-8-22-24(25(33)32-16-19(28)11-14-23(32)31-22)18-9-12-20(13-10-18)30-17(2)15-21(29)26(34)35-27(3,4)5/h9-14,16-17,29-30H,6-8,15H2,1-5H3. The van der Waals surface area contributed by atoms with Crippen LogP contribution in [0.4, 0.5) is 10.1 Å². The molecule has 0 radical (unpaired) electrons. The molecule has 0 amide bonds. The number of anilines is 1. The molecule has 7 nitrogen and oxygen atoms in total. The Morgan fingerprint density at radius 3 is 2.51 bits per heavy atom. The number of hydrogen-bond donors (Lipinski definition) is 2. The van der Waals surface area contributed by atoms with Crippen molar-refractivity contribution in [2.75, 3.05) is 5.32 Å². The molecule has 0 bridgehead atoms. The van der Waals surface area contributed by atoms with Gasteiger partial charge in [-0.25, -0.2) is 14.2 Å². The number of esters is 1. The number of nitrogens with zero attached hydrogens (tertiary/aromatic N) is 2. The predicted molar refractivity (Wildman–Crippen MR) is 137 cm³/mol. The van der Waals surface area contributed by atoms with Crippen molar-refractivity contribution >= 4 is 23.0 Å². The first-order valence-electron chi connectivity index (χ1n) is 11.9. The van der Waals surface area contributed by atoms with Crippen LogP contribution in [-0.2, 0) is 16.0 Å². The van der Waals surface area contributed by atoms with Crippen LogP contribution in [0.3, 0.4) is 0 Å². The van der Waals surface area contributed by atoms with Gasteiger partial charge in [-0.2, -0.15) is 0 Å². The number of carbonyl (C=O) groups excluding carboxylic acids is 1. The molecule has 1 unspecified atom stereocenters. The zero-order valence-corrected chi connectivity index (χ0v) is 20.9. The number of rotatable bonds is 9. The van der Waals surface area contributed by atoms with Crippen LogP contribution in [-0.4, -0.2) is 32.7 Å². The summed E-state index contributed by atoms with van der Waals surface area (Å²) in [6.45, 7) is 9.25. The lowest BCUT2D eigenvalue weighted by molar-refractivity contribution is -0.146. The number of aryl methyl sites for hydroxylation is 1. The van der Waals surface area contributed by atoms with Gasteiger partial charge < -0.3 is 10.1 Å². The van der Waals surface area contributed by atoms with Crippen LogP contribution in [0, 0.1) is 11.2 Å². The van der Waals surface area contributed by atoms with Gasteiger partial charge in [-0.05, 0) is 70.4 Å². The molecular weight excluding hydrogens is 447 g/mol. The zero-order valence-electron chi connectivity index (χ0n) is 20.9. The van der Waals surface area contributed by atoms with Gasteiger partial charge in [-0.15, -0.1) is 0 Å². The minimum Gasteiger partial charge on any atom is -0.456 e. The molecule has 0 aliphatic carbocycles. The highest BCUT2D eigenvalue weighted by molar-refractivity contribution is 6.35. The smallest absolute Gasteiger partial charge is 0.352 e. The first-order valence-corrected chi connectivity index (χ1v) is 11.9. The maximum Gasteiger partial charge on any atom is 0.352 e. The van der Waals surface area contributed by atoms with Gasteiger partial charge in [0.1, 0.15) is 22.8 Å². The van der Waals surface area contributed by atoms with E-state index in [4.69, 9.17) is 10.1 Å². The molecule has 1 atom stereocenters. The average Bonchev–Trinajstić information content (AvgIpc) is 2.77. The highest BCUT2D eigenvalue weighted by Crippen LogP contribution is 2.24. The summed E-state index contributed by atoms with van der Waals surface area (Å²) >= 11 is 0. The molecule has 2 N–H and O–H groups in total. The van der Waals surface area contributed by atoms with Crippen LogP contribution >= 0.6 is 0 Å². The molecule has 35 heavy (non-hydrogen) atoms. The van der Waals surface area contributed by atoms with E-state index in [0.717, 1.165) is 24.7 Å². The maximum absolute atomic E-state index is 13.8. The van der Waals surface area contributed by atoms with Crippen LogP contribution in [0.25, 0.3) is 16.8 Å². The summed E-state index contributed by atoms with van der Waals surface area (Å²) in [5.41, 5.74) is 2.02. The van der Waals surface area contributed by atoms with Gasteiger partial charge in [0.15, 0.2) is 0 Å². The van der Waals surface area contributed by atoms with Gasteiger partial charge in [0, 0.05) is 24.3 Å². The van der Waals surface area contributed by atoms with Crippen molar-refractivity contribution in [1.82, 2.24) is 9.38 Å². The van der Waals surface area contributed by atoms with Crippen LogP contribution in [0.15, 0.2) is 47.4 Å². The van der Waals surface area contributed by atoms with Crippen LogP contribution in [0.1, 0.15) is 59.6 Å². The fourth-order valence-corrected chi connectivity index (χ4v) is 3.77. The van der Waals surface area contributed by atoms with Gasteiger partial charge in [-0.1, -0.05) is 25.5 Å². The first-order chi connectivity index (χ1) is 16.5. The molecule has 8 heteroatoms. The first kappa shape index (κ1) is 26.1. The van der Waals surface area contributed by atoms with E-state index in [1.54, 1.807) is 20.8 Å².